The van der Waals surface area contributed by atoms with Crippen molar-refractivity contribution in [3.63, 3.8) is 0 Å². The van der Waals surface area contributed by atoms with Gasteiger partial charge in [-0.3, -0.25) is 0 Å². The van der Waals surface area contributed by atoms with Crippen LogP contribution in [0.1, 0.15) is 114 Å². The summed E-state index contributed by atoms with van der Waals surface area (Å²) in [6, 6.07) is 4.60. The van der Waals surface area contributed by atoms with Gasteiger partial charge >= 0.3 is 0 Å². The van der Waals surface area contributed by atoms with E-state index in [1.54, 1.807) is 0 Å². The van der Waals surface area contributed by atoms with Gasteiger partial charge in [0.25, 0.3) is 0 Å². The molecule has 0 aromatic heterocycles. The summed E-state index contributed by atoms with van der Waals surface area (Å²) in [4.78, 5) is 4.88. The summed E-state index contributed by atoms with van der Waals surface area (Å²) in [5.41, 5.74) is 5.52. The van der Waals surface area contributed by atoms with Crippen LogP contribution in [0.5, 0.6) is 0 Å². The first kappa shape index (κ1) is 24.8. The van der Waals surface area contributed by atoms with E-state index >= 15 is 0 Å². The summed E-state index contributed by atoms with van der Waals surface area (Å²) in [5.74, 6) is 0. The van der Waals surface area contributed by atoms with Crippen LogP contribution >= 0.6 is 0 Å². The highest BCUT2D eigenvalue weighted by Gasteiger charge is 2.17. The van der Waals surface area contributed by atoms with Gasteiger partial charge < -0.3 is 9.80 Å². The Morgan fingerprint density at radius 1 is 0.633 bits per heavy atom. The third-order valence-corrected chi connectivity index (χ3v) is 6.51. The second-order valence-corrected chi connectivity index (χ2v) is 9.57. The molecule has 30 heavy (non-hydrogen) atoms. The van der Waals surface area contributed by atoms with Crippen LogP contribution in [0.4, 0.5) is 5.69 Å². The molecule has 0 bridgehead atoms. The van der Waals surface area contributed by atoms with Crippen molar-refractivity contribution in [1.82, 2.24) is 4.90 Å². The molecule has 2 heteroatoms. The minimum Gasteiger partial charge on any atom is -0.358 e. The van der Waals surface area contributed by atoms with Gasteiger partial charge in [0.1, 0.15) is 0 Å². The van der Waals surface area contributed by atoms with E-state index < -0.39 is 0 Å². The molecule has 2 rings (SSSR count). The quantitative estimate of drug-likeness (QED) is 0.251. The van der Waals surface area contributed by atoms with E-state index in [2.05, 4.69) is 62.0 Å². The van der Waals surface area contributed by atoms with Crippen molar-refractivity contribution in [3.05, 3.63) is 41.2 Å². The fraction of sp³-hybridized carbons (Fsp3) is 0.714. The molecular formula is C28H48N2. The normalized spacial score (nSPS) is 13.6. The summed E-state index contributed by atoms with van der Waals surface area (Å²) >= 11 is 0. The number of hydrogen-bond donors (Lipinski definition) is 0. The Bertz CT molecular complexity index is 596. The second kappa shape index (κ2) is 14.5. The molecule has 0 radical (unpaired) electrons. The van der Waals surface area contributed by atoms with Gasteiger partial charge in [-0.1, -0.05) is 108 Å². The lowest BCUT2D eigenvalue weighted by atomic mass is 10.0. The summed E-state index contributed by atoms with van der Waals surface area (Å²) in [5, 5.41) is 0. The molecule has 170 valence electrons. The van der Waals surface area contributed by atoms with E-state index in [0.29, 0.717) is 0 Å². The average Bonchev–Trinajstić information content (AvgIpc) is 3.16. The summed E-state index contributed by atoms with van der Waals surface area (Å²) in [6.45, 7) is 11.1. The van der Waals surface area contributed by atoms with E-state index in [1.165, 1.54) is 119 Å². The molecular weight excluding hydrogens is 364 g/mol. The van der Waals surface area contributed by atoms with Crippen LogP contribution in [0.15, 0.2) is 24.5 Å². The highest BCUT2D eigenvalue weighted by atomic mass is 15.3. The standard InChI is InChI=1S/C28H48N2/c1-5-6-7-8-9-10-11-12-13-14-15-16-17-18-19-29-20-21-30(24-29)28-26(3)22-25(2)23-27(28)4/h20-23H,5-19,24H2,1-4H3. The molecule has 0 atom stereocenters. The van der Waals surface area contributed by atoms with Crippen LogP contribution in [-0.4, -0.2) is 18.1 Å². The molecule has 0 saturated carbocycles. The number of anilines is 1. The van der Waals surface area contributed by atoms with Crippen LogP contribution in [0.25, 0.3) is 0 Å². The van der Waals surface area contributed by atoms with E-state index in [4.69, 9.17) is 0 Å². The predicted octanol–water partition coefficient (Wildman–Crippen LogP) is 8.64. The Morgan fingerprint density at radius 2 is 1.10 bits per heavy atom. The summed E-state index contributed by atoms with van der Waals surface area (Å²) in [6.07, 6.45) is 24.5. The van der Waals surface area contributed by atoms with Crippen molar-refractivity contribution in [2.75, 3.05) is 18.1 Å². The highest BCUT2D eigenvalue weighted by molar-refractivity contribution is 5.62. The van der Waals surface area contributed by atoms with Crippen molar-refractivity contribution in [1.29, 1.82) is 0 Å². The molecule has 0 N–H and O–H groups in total. The minimum absolute atomic E-state index is 1.00. The second-order valence-electron chi connectivity index (χ2n) is 9.57. The number of rotatable bonds is 16. The summed E-state index contributed by atoms with van der Waals surface area (Å²) in [7, 11) is 0. The zero-order valence-electron chi connectivity index (χ0n) is 20.5. The average molecular weight is 413 g/mol. The molecule has 1 aromatic carbocycles. The molecule has 1 aliphatic heterocycles. The van der Waals surface area contributed by atoms with Crippen LogP contribution < -0.4 is 4.90 Å². The first-order valence-electron chi connectivity index (χ1n) is 12.9. The van der Waals surface area contributed by atoms with E-state index in [-0.39, 0.29) is 0 Å². The third-order valence-electron chi connectivity index (χ3n) is 6.51. The molecule has 1 aliphatic rings. The van der Waals surface area contributed by atoms with Crippen LogP contribution in [0.2, 0.25) is 0 Å². The van der Waals surface area contributed by atoms with Crippen LogP contribution in [-0.2, 0) is 0 Å². The molecule has 1 heterocycles. The minimum atomic E-state index is 1.00. The van der Waals surface area contributed by atoms with Gasteiger partial charge in [0.05, 0.1) is 6.67 Å². The Hall–Kier alpha value is -1.44. The molecule has 0 aliphatic carbocycles. The highest BCUT2D eigenvalue weighted by Crippen LogP contribution is 2.29. The van der Waals surface area contributed by atoms with Crippen molar-refractivity contribution >= 4 is 5.69 Å². The lowest BCUT2D eigenvalue weighted by Gasteiger charge is -2.24. The van der Waals surface area contributed by atoms with Gasteiger partial charge in [-0.2, -0.15) is 0 Å². The van der Waals surface area contributed by atoms with Gasteiger partial charge in [0, 0.05) is 24.6 Å². The monoisotopic (exact) mass is 412 g/mol. The van der Waals surface area contributed by atoms with E-state index in [0.717, 1.165) is 6.67 Å². The molecule has 0 unspecified atom stereocenters. The number of aryl methyl sites for hydroxylation is 3. The van der Waals surface area contributed by atoms with Crippen molar-refractivity contribution < 1.29 is 0 Å². The number of benzene rings is 1. The van der Waals surface area contributed by atoms with Gasteiger partial charge in [-0.05, 0) is 38.3 Å². The Labute approximate surface area is 187 Å². The zero-order valence-corrected chi connectivity index (χ0v) is 20.5. The number of hydrogen-bond acceptors (Lipinski definition) is 2. The number of unbranched alkanes of at least 4 members (excludes halogenated alkanes) is 13. The fourth-order valence-electron chi connectivity index (χ4n) is 4.89. The molecule has 2 nitrogen and oxygen atoms in total. The van der Waals surface area contributed by atoms with Gasteiger partial charge in [-0.15, -0.1) is 0 Å². The van der Waals surface area contributed by atoms with Gasteiger partial charge in [0.15, 0.2) is 0 Å². The topological polar surface area (TPSA) is 6.48 Å². The largest absolute Gasteiger partial charge is 0.358 e. The zero-order chi connectivity index (χ0) is 21.6. The molecule has 0 fully saturated rings. The van der Waals surface area contributed by atoms with Crippen LogP contribution in [0, 0.1) is 20.8 Å². The number of nitrogens with zero attached hydrogens (tertiary/aromatic N) is 2. The molecule has 1 aromatic rings. The first-order chi connectivity index (χ1) is 14.6. The smallest absolute Gasteiger partial charge is 0.0942 e. The molecule has 0 saturated heterocycles. The maximum absolute atomic E-state index is 2.47. The Morgan fingerprint density at radius 3 is 1.60 bits per heavy atom. The summed E-state index contributed by atoms with van der Waals surface area (Å²) < 4.78 is 0. The third kappa shape index (κ3) is 9.14. The maximum Gasteiger partial charge on any atom is 0.0942 e. The Kier molecular flexibility index (Phi) is 12.0. The Balaban J connectivity index is 1.45. The fourth-order valence-corrected chi connectivity index (χ4v) is 4.89. The van der Waals surface area contributed by atoms with Gasteiger partial charge in [-0.25, -0.2) is 0 Å². The van der Waals surface area contributed by atoms with Crippen molar-refractivity contribution in [2.45, 2.75) is 118 Å². The van der Waals surface area contributed by atoms with Gasteiger partial charge in [0.2, 0.25) is 0 Å². The molecule has 0 spiro atoms. The van der Waals surface area contributed by atoms with Crippen LogP contribution in [0.3, 0.4) is 0 Å². The SMILES string of the molecule is CCCCCCCCCCCCCCCCN1C=CN(c2c(C)cc(C)cc2C)C1. The van der Waals surface area contributed by atoms with Crippen molar-refractivity contribution in [2.24, 2.45) is 0 Å². The first-order valence-corrected chi connectivity index (χ1v) is 12.9. The van der Waals surface area contributed by atoms with Crippen molar-refractivity contribution in [3.8, 4) is 0 Å². The lowest BCUT2D eigenvalue weighted by Crippen LogP contribution is -2.26. The predicted molar refractivity (Wildman–Crippen MR) is 134 cm³/mol. The molecule has 0 amide bonds. The van der Waals surface area contributed by atoms with E-state index in [9.17, 15) is 0 Å². The van der Waals surface area contributed by atoms with E-state index in [1.807, 2.05) is 0 Å². The maximum atomic E-state index is 2.47. The lowest BCUT2D eigenvalue weighted by molar-refractivity contribution is 0.387.